The SMILES string of the molecule is Cc1nc(C(=O)N2CC(=O)N(Cc3cccnc3)CC(OCC3CC3)C2)cs1. The van der Waals surface area contributed by atoms with Gasteiger partial charge in [-0.15, -0.1) is 11.3 Å². The van der Waals surface area contributed by atoms with E-state index in [0.717, 1.165) is 10.6 Å². The molecule has 3 heterocycles. The number of nitrogens with zero attached hydrogens (tertiary/aromatic N) is 4. The van der Waals surface area contributed by atoms with E-state index in [0.29, 0.717) is 37.9 Å². The minimum atomic E-state index is -0.207. The van der Waals surface area contributed by atoms with Gasteiger partial charge in [0.25, 0.3) is 5.91 Å². The number of carbonyl (C=O) groups is 2. The Labute approximate surface area is 168 Å². The highest BCUT2D eigenvalue weighted by atomic mass is 32.1. The van der Waals surface area contributed by atoms with E-state index < -0.39 is 0 Å². The largest absolute Gasteiger partial charge is 0.374 e. The van der Waals surface area contributed by atoms with Crippen molar-refractivity contribution >= 4 is 23.2 Å². The zero-order chi connectivity index (χ0) is 19.5. The molecule has 2 aromatic rings. The van der Waals surface area contributed by atoms with Gasteiger partial charge in [-0.2, -0.15) is 0 Å². The van der Waals surface area contributed by atoms with Gasteiger partial charge in [0.05, 0.1) is 11.1 Å². The van der Waals surface area contributed by atoms with Gasteiger partial charge in [-0.05, 0) is 37.3 Å². The third kappa shape index (κ3) is 4.74. The summed E-state index contributed by atoms with van der Waals surface area (Å²) in [6, 6.07) is 3.81. The molecule has 1 aliphatic heterocycles. The summed E-state index contributed by atoms with van der Waals surface area (Å²) in [5.41, 5.74) is 1.36. The number of hydrogen-bond donors (Lipinski definition) is 0. The van der Waals surface area contributed by atoms with Crippen LogP contribution in [0.2, 0.25) is 0 Å². The van der Waals surface area contributed by atoms with E-state index in [4.69, 9.17) is 4.74 Å². The fraction of sp³-hybridized carbons (Fsp3) is 0.500. The Kier molecular flexibility index (Phi) is 5.68. The second-order valence-electron chi connectivity index (χ2n) is 7.47. The summed E-state index contributed by atoms with van der Waals surface area (Å²) in [7, 11) is 0. The molecule has 148 valence electrons. The first-order valence-electron chi connectivity index (χ1n) is 9.58. The highest BCUT2D eigenvalue weighted by Crippen LogP contribution is 2.29. The van der Waals surface area contributed by atoms with Crippen molar-refractivity contribution in [3.05, 3.63) is 46.2 Å². The molecule has 1 saturated carbocycles. The molecule has 0 bridgehead atoms. The van der Waals surface area contributed by atoms with Gasteiger partial charge in [-0.25, -0.2) is 4.98 Å². The Morgan fingerprint density at radius 3 is 2.89 bits per heavy atom. The molecule has 2 aliphatic rings. The van der Waals surface area contributed by atoms with E-state index in [1.807, 2.05) is 19.1 Å². The van der Waals surface area contributed by atoms with Crippen molar-refractivity contribution in [3.63, 3.8) is 0 Å². The standard InChI is InChI=1S/C20H24N4O3S/c1-14-22-18(13-28-14)20(26)24-10-17(27-12-15-4-5-15)9-23(19(25)11-24)8-16-3-2-6-21-7-16/h2-3,6-7,13,15,17H,4-5,8-12H2,1H3. The topological polar surface area (TPSA) is 75.6 Å². The fourth-order valence-corrected chi connectivity index (χ4v) is 3.87. The lowest BCUT2D eigenvalue weighted by Crippen LogP contribution is -2.40. The average molecular weight is 401 g/mol. The number of amides is 2. The van der Waals surface area contributed by atoms with Gasteiger partial charge in [-0.1, -0.05) is 6.07 Å². The van der Waals surface area contributed by atoms with Crippen molar-refractivity contribution in [1.29, 1.82) is 0 Å². The van der Waals surface area contributed by atoms with E-state index in [-0.39, 0.29) is 24.5 Å². The summed E-state index contributed by atoms with van der Waals surface area (Å²) in [5, 5.41) is 2.59. The summed E-state index contributed by atoms with van der Waals surface area (Å²) in [6.45, 7) is 3.94. The first-order valence-corrected chi connectivity index (χ1v) is 10.5. The van der Waals surface area contributed by atoms with Gasteiger partial charge in [0.15, 0.2) is 0 Å². The maximum Gasteiger partial charge on any atom is 0.273 e. The van der Waals surface area contributed by atoms with Crippen LogP contribution in [-0.2, 0) is 16.1 Å². The highest BCUT2D eigenvalue weighted by Gasteiger charge is 2.33. The van der Waals surface area contributed by atoms with Crippen molar-refractivity contribution in [2.45, 2.75) is 32.4 Å². The maximum absolute atomic E-state index is 12.9. The van der Waals surface area contributed by atoms with Gasteiger partial charge in [0, 0.05) is 44.0 Å². The lowest BCUT2D eigenvalue weighted by molar-refractivity contribution is -0.132. The highest BCUT2D eigenvalue weighted by molar-refractivity contribution is 7.09. The van der Waals surface area contributed by atoms with Crippen LogP contribution >= 0.6 is 11.3 Å². The van der Waals surface area contributed by atoms with Crippen LogP contribution in [0.3, 0.4) is 0 Å². The molecular weight excluding hydrogens is 376 g/mol. The number of hydrogen-bond acceptors (Lipinski definition) is 6. The number of ether oxygens (including phenoxy) is 1. The van der Waals surface area contributed by atoms with Crippen LogP contribution in [0.1, 0.15) is 33.9 Å². The third-order valence-electron chi connectivity index (χ3n) is 5.01. The maximum atomic E-state index is 12.9. The van der Waals surface area contributed by atoms with Gasteiger partial charge in [0.2, 0.25) is 5.91 Å². The summed E-state index contributed by atoms with van der Waals surface area (Å²) in [5.74, 6) is 0.332. The monoisotopic (exact) mass is 400 g/mol. The molecule has 8 heteroatoms. The van der Waals surface area contributed by atoms with Gasteiger partial charge >= 0.3 is 0 Å². The second-order valence-corrected chi connectivity index (χ2v) is 8.53. The Bertz CT molecular complexity index is 837. The number of rotatable bonds is 6. The molecule has 28 heavy (non-hydrogen) atoms. The summed E-state index contributed by atoms with van der Waals surface area (Å²) in [6.07, 6.45) is 5.68. The minimum Gasteiger partial charge on any atom is -0.374 e. The first kappa shape index (κ1) is 19.0. The Morgan fingerprint density at radius 2 is 2.21 bits per heavy atom. The van der Waals surface area contributed by atoms with Crippen LogP contribution in [0.15, 0.2) is 29.9 Å². The molecule has 0 radical (unpaired) electrons. The summed E-state index contributed by atoms with van der Waals surface area (Å²) < 4.78 is 6.10. The van der Waals surface area contributed by atoms with Crippen LogP contribution in [0.5, 0.6) is 0 Å². The molecule has 1 saturated heterocycles. The zero-order valence-corrected chi connectivity index (χ0v) is 16.7. The average Bonchev–Trinajstić information content (AvgIpc) is 3.45. The van der Waals surface area contributed by atoms with E-state index in [2.05, 4.69) is 9.97 Å². The predicted molar refractivity (Wildman–Crippen MR) is 105 cm³/mol. The van der Waals surface area contributed by atoms with Crippen molar-refractivity contribution in [2.24, 2.45) is 5.92 Å². The Balaban J connectivity index is 1.50. The summed E-state index contributed by atoms with van der Waals surface area (Å²) in [4.78, 5) is 37.6. The fourth-order valence-electron chi connectivity index (χ4n) is 3.28. The number of aromatic nitrogens is 2. The molecule has 2 fully saturated rings. The van der Waals surface area contributed by atoms with Crippen LogP contribution in [0, 0.1) is 12.8 Å². The van der Waals surface area contributed by atoms with Gasteiger partial charge in [0.1, 0.15) is 12.2 Å². The number of pyridine rings is 1. The third-order valence-corrected chi connectivity index (χ3v) is 5.79. The van der Waals surface area contributed by atoms with Crippen LogP contribution in [0.25, 0.3) is 0 Å². The van der Waals surface area contributed by atoms with E-state index in [1.54, 1.807) is 27.6 Å². The van der Waals surface area contributed by atoms with Gasteiger partial charge < -0.3 is 14.5 Å². The molecule has 1 unspecified atom stereocenters. The van der Waals surface area contributed by atoms with Crippen molar-refractivity contribution in [3.8, 4) is 0 Å². The number of aryl methyl sites for hydroxylation is 1. The molecule has 0 spiro atoms. The van der Waals surface area contributed by atoms with Crippen LogP contribution in [0.4, 0.5) is 0 Å². The van der Waals surface area contributed by atoms with E-state index in [1.165, 1.54) is 24.2 Å². The molecule has 1 aliphatic carbocycles. The lowest BCUT2D eigenvalue weighted by atomic mass is 10.2. The molecule has 2 aromatic heterocycles. The lowest BCUT2D eigenvalue weighted by Gasteiger charge is -2.24. The van der Waals surface area contributed by atoms with E-state index in [9.17, 15) is 9.59 Å². The second kappa shape index (κ2) is 8.36. The van der Waals surface area contributed by atoms with E-state index >= 15 is 0 Å². The molecule has 4 rings (SSSR count). The van der Waals surface area contributed by atoms with Crippen molar-refractivity contribution in [1.82, 2.24) is 19.8 Å². The summed E-state index contributed by atoms with van der Waals surface area (Å²) >= 11 is 1.44. The number of carbonyl (C=O) groups excluding carboxylic acids is 2. The quantitative estimate of drug-likeness (QED) is 0.743. The molecule has 0 aromatic carbocycles. The number of thiazole rings is 1. The molecule has 1 atom stereocenters. The van der Waals surface area contributed by atoms with Crippen LogP contribution in [-0.4, -0.2) is 63.9 Å². The molecule has 2 amide bonds. The van der Waals surface area contributed by atoms with Gasteiger partial charge in [-0.3, -0.25) is 14.6 Å². The zero-order valence-electron chi connectivity index (χ0n) is 15.9. The van der Waals surface area contributed by atoms with Crippen molar-refractivity contribution < 1.29 is 14.3 Å². The predicted octanol–water partition coefficient (Wildman–Crippen LogP) is 2.13. The Morgan fingerprint density at radius 1 is 1.36 bits per heavy atom. The smallest absolute Gasteiger partial charge is 0.273 e. The Hall–Kier alpha value is -2.32. The minimum absolute atomic E-state index is 0.0406. The van der Waals surface area contributed by atoms with Crippen LogP contribution < -0.4 is 0 Å². The van der Waals surface area contributed by atoms with Crippen molar-refractivity contribution in [2.75, 3.05) is 26.2 Å². The molecule has 7 nitrogen and oxygen atoms in total. The molecular formula is C20H24N4O3S. The normalized spacial score (nSPS) is 20.3. The molecule has 0 N–H and O–H groups in total. The first-order chi connectivity index (χ1) is 13.6.